The summed E-state index contributed by atoms with van der Waals surface area (Å²) >= 11 is 11.7. The van der Waals surface area contributed by atoms with Gasteiger partial charge in [0.05, 0.1) is 6.04 Å². The third-order valence-electron chi connectivity index (χ3n) is 3.25. The fourth-order valence-corrected chi connectivity index (χ4v) is 4.41. The highest BCUT2D eigenvalue weighted by atomic mass is 79.9. The molecule has 1 heterocycles. The second-order valence-electron chi connectivity index (χ2n) is 4.96. The maximum Gasteiger partial charge on any atom is 0.0685 e. The predicted octanol–water partition coefficient (Wildman–Crippen LogP) is 5.87. The van der Waals surface area contributed by atoms with E-state index in [0.29, 0.717) is 0 Å². The Hall–Kier alpha value is -0.350. The lowest BCUT2D eigenvalue weighted by Crippen LogP contribution is -2.23. The summed E-state index contributed by atoms with van der Waals surface area (Å²) in [7, 11) is 0. The van der Waals surface area contributed by atoms with Crippen molar-refractivity contribution in [3.05, 3.63) is 54.6 Å². The monoisotopic (exact) mass is 371 g/mol. The van der Waals surface area contributed by atoms with Crippen LogP contribution in [-0.4, -0.2) is 6.54 Å². The quantitative estimate of drug-likeness (QED) is 0.692. The van der Waals surface area contributed by atoms with Gasteiger partial charge in [-0.15, -0.1) is 11.3 Å². The van der Waals surface area contributed by atoms with E-state index >= 15 is 0 Å². The number of halogens is 2. The van der Waals surface area contributed by atoms with E-state index in [0.717, 1.165) is 18.0 Å². The van der Waals surface area contributed by atoms with E-state index in [1.165, 1.54) is 25.4 Å². The molecular formula is C16H19BrClNS. The maximum absolute atomic E-state index is 6.19. The molecule has 20 heavy (non-hydrogen) atoms. The zero-order valence-corrected chi connectivity index (χ0v) is 15.1. The minimum atomic E-state index is 0.196. The molecule has 0 aliphatic heterocycles. The molecule has 1 N–H and O–H groups in total. The van der Waals surface area contributed by atoms with Gasteiger partial charge in [-0.25, -0.2) is 0 Å². The molecule has 0 radical (unpaired) electrons. The van der Waals surface area contributed by atoms with Crippen molar-refractivity contribution in [3.63, 3.8) is 0 Å². The third kappa shape index (κ3) is 3.64. The summed E-state index contributed by atoms with van der Waals surface area (Å²) in [6.07, 6.45) is 1.11. The van der Waals surface area contributed by atoms with Crippen molar-refractivity contribution in [3.8, 4) is 0 Å². The van der Waals surface area contributed by atoms with Crippen LogP contribution in [0, 0.1) is 13.8 Å². The molecule has 108 valence electrons. The van der Waals surface area contributed by atoms with Crippen molar-refractivity contribution in [2.75, 3.05) is 6.54 Å². The van der Waals surface area contributed by atoms with Crippen molar-refractivity contribution >= 4 is 38.9 Å². The molecule has 1 nitrogen and oxygen atoms in total. The van der Waals surface area contributed by atoms with Crippen LogP contribution in [0.3, 0.4) is 0 Å². The van der Waals surface area contributed by atoms with Crippen LogP contribution in [0.25, 0.3) is 0 Å². The zero-order chi connectivity index (χ0) is 14.7. The van der Waals surface area contributed by atoms with Crippen molar-refractivity contribution in [2.45, 2.75) is 33.2 Å². The second kappa shape index (κ2) is 7.08. The van der Waals surface area contributed by atoms with Gasteiger partial charge in [-0.2, -0.15) is 0 Å². The lowest BCUT2D eigenvalue weighted by molar-refractivity contribution is 0.602. The number of benzene rings is 1. The van der Waals surface area contributed by atoms with E-state index in [4.69, 9.17) is 11.6 Å². The Labute approximate surface area is 138 Å². The molecule has 0 aliphatic carbocycles. The SMILES string of the molecule is CCCNC(c1cc(Cl)ccc1C)c1sc(C)cc1Br. The molecule has 4 heteroatoms. The fourth-order valence-electron chi connectivity index (χ4n) is 2.25. The van der Waals surface area contributed by atoms with Crippen LogP contribution in [-0.2, 0) is 0 Å². The van der Waals surface area contributed by atoms with Crippen LogP contribution in [0.4, 0.5) is 0 Å². The van der Waals surface area contributed by atoms with Gasteiger partial charge in [0.2, 0.25) is 0 Å². The van der Waals surface area contributed by atoms with Gasteiger partial charge in [0.25, 0.3) is 0 Å². The Morgan fingerprint density at radius 3 is 2.65 bits per heavy atom. The van der Waals surface area contributed by atoms with Crippen molar-refractivity contribution in [1.29, 1.82) is 0 Å². The molecule has 0 saturated heterocycles. The topological polar surface area (TPSA) is 12.0 Å². The summed E-state index contributed by atoms with van der Waals surface area (Å²) in [5.41, 5.74) is 2.52. The lowest BCUT2D eigenvalue weighted by Gasteiger charge is -2.21. The first-order valence-electron chi connectivity index (χ1n) is 6.78. The summed E-state index contributed by atoms with van der Waals surface area (Å²) in [6, 6.07) is 8.49. The minimum absolute atomic E-state index is 0.196. The van der Waals surface area contributed by atoms with Crippen LogP contribution in [0.1, 0.15) is 40.3 Å². The molecule has 0 amide bonds. The van der Waals surface area contributed by atoms with E-state index in [2.05, 4.69) is 60.2 Å². The summed E-state index contributed by atoms with van der Waals surface area (Å²) < 4.78 is 1.17. The number of hydrogen-bond donors (Lipinski definition) is 1. The van der Waals surface area contributed by atoms with Gasteiger partial charge >= 0.3 is 0 Å². The Morgan fingerprint density at radius 2 is 2.05 bits per heavy atom. The maximum atomic E-state index is 6.19. The van der Waals surface area contributed by atoms with E-state index in [-0.39, 0.29) is 6.04 Å². The molecule has 2 aromatic rings. The first-order chi connectivity index (χ1) is 9.52. The molecule has 1 unspecified atom stereocenters. The van der Waals surface area contributed by atoms with Crippen LogP contribution in [0.2, 0.25) is 5.02 Å². The van der Waals surface area contributed by atoms with Gasteiger partial charge in [0, 0.05) is 19.2 Å². The first-order valence-corrected chi connectivity index (χ1v) is 8.77. The molecule has 1 atom stereocenters. The van der Waals surface area contributed by atoms with E-state index in [1.807, 2.05) is 17.4 Å². The van der Waals surface area contributed by atoms with Crippen LogP contribution in [0.5, 0.6) is 0 Å². The second-order valence-corrected chi connectivity index (χ2v) is 7.54. The average molecular weight is 373 g/mol. The van der Waals surface area contributed by atoms with E-state index < -0.39 is 0 Å². The Morgan fingerprint density at radius 1 is 1.30 bits per heavy atom. The predicted molar refractivity (Wildman–Crippen MR) is 93.1 cm³/mol. The first kappa shape index (κ1) is 16.0. The summed E-state index contributed by atoms with van der Waals surface area (Å²) in [5, 5.41) is 4.44. The van der Waals surface area contributed by atoms with Crippen LogP contribution >= 0.6 is 38.9 Å². The average Bonchev–Trinajstić information content (AvgIpc) is 2.73. The van der Waals surface area contributed by atoms with Gasteiger partial charge < -0.3 is 5.32 Å². The molecule has 0 fully saturated rings. The molecule has 1 aromatic heterocycles. The largest absolute Gasteiger partial charge is 0.306 e. The van der Waals surface area contributed by atoms with Gasteiger partial charge in [-0.05, 0) is 72.1 Å². The van der Waals surface area contributed by atoms with Crippen LogP contribution < -0.4 is 5.32 Å². The summed E-state index contributed by atoms with van der Waals surface area (Å²) in [5.74, 6) is 0. The molecule has 0 spiro atoms. The number of aryl methyl sites for hydroxylation is 2. The summed E-state index contributed by atoms with van der Waals surface area (Å²) in [6.45, 7) is 7.45. The summed E-state index contributed by atoms with van der Waals surface area (Å²) in [4.78, 5) is 2.64. The number of rotatable bonds is 5. The van der Waals surface area contributed by atoms with E-state index in [1.54, 1.807) is 0 Å². The Bertz CT molecular complexity index is 594. The highest BCUT2D eigenvalue weighted by molar-refractivity contribution is 9.10. The number of nitrogens with one attached hydrogen (secondary N) is 1. The fraction of sp³-hybridized carbons (Fsp3) is 0.375. The number of thiophene rings is 1. The lowest BCUT2D eigenvalue weighted by atomic mass is 10.00. The standard InChI is InChI=1S/C16H19BrClNS/c1-4-7-19-15(16-14(17)8-11(3)20-16)13-9-12(18)6-5-10(13)2/h5-6,8-9,15,19H,4,7H2,1-3H3. The molecule has 2 rings (SSSR count). The van der Waals surface area contributed by atoms with Crippen molar-refractivity contribution in [2.24, 2.45) is 0 Å². The van der Waals surface area contributed by atoms with Gasteiger partial charge in [-0.1, -0.05) is 24.6 Å². The zero-order valence-electron chi connectivity index (χ0n) is 12.0. The minimum Gasteiger partial charge on any atom is -0.306 e. The van der Waals surface area contributed by atoms with E-state index in [9.17, 15) is 0 Å². The van der Waals surface area contributed by atoms with Crippen LogP contribution in [0.15, 0.2) is 28.7 Å². The molecule has 0 aliphatic rings. The normalized spacial score (nSPS) is 12.7. The van der Waals surface area contributed by atoms with Gasteiger partial charge in [0.1, 0.15) is 0 Å². The van der Waals surface area contributed by atoms with Crippen molar-refractivity contribution < 1.29 is 0 Å². The molecular weight excluding hydrogens is 354 g/mol. The molecule has 0 bridgehead atoms. The highest BCUT2D eigenvalue weighted by Gasteiger charge is 2.20. The van der Waals surface area contributed by atoms with Crippen molar-refractivity contribution in [1.82, 2.24) is 5.32 Å². The highest BCUT2D eigenvalue weighted by Crippen LogP contribution is 2.37. The van der Waals surface area contributed by atoms with Gasteiger partial charge in [0.15, 0.2) is 0 Å². The third-order valence-corrected chi connectivity index (χ3v) is 5.52. The molecule has 0 saturated carbocycles. The van der Waals surface area contributed by atoms with Gasteiger partial charge in [-0.3, -0.25) is 0 Å². The smallest absolute Gasteiger partial charge is 0.0685 e. The molecule has 1 aromatic carbocycles. The Kier molecular flexibility index (Phi) is 5.67. The Balaban J connectivity index is 2.46. The number of hydrogen-bond acceptors (Lipinski definition) is 2.